The lowest BCUT2D eigenvalue weighted by molar-refractivity contribution is -0.137. The molecular weight excluding hydrogens is 425 g/mol. The van der Waals surface area contributed by atoms with E-state index in [2.05, 4.69) is 39.0 Å². The minimum absolute atomic E-state index is 0.564. The second kappa shape index (κ2) is 9.12. The van der Waals surface area contributed by atoms with Gasteiger partial charge in [0.2, 0.25) is 0 Å². The molecule has 2 saturated heterocycles. The smallest absolute Gasteiger partial charge is 0.358 e. The number of alkyl halides is 3. The second-order valence-electron chi connectivity index (χ2n) is 9.05. The summed E-state index contributed by atoms with van der Waals surface area (Å²) in [6, 6.07) is 15.7. The highest BCUT2D eigenvalue weighted by Crippen LogP contribution is 2.36. The van der Waals surface area contributed by atoms with Crippen LogP contribution >= 0.6 is 0 Å². The predicted octanol–water partition coefficient (Wildman–Crippen LogP) is 6.27. The largest absolute Gasteiger partial charge is 0.417 e. The molecule has 0 aliphatic carbocycles. The van der Waals surface area contributed by atoms with Crippen LogP contribution in [-0.4, -0.2) is 35.7 Å². The molecule has 174 valence electrons. The molecule has 0 atom stereocenters. The molecule has 0 amide bonds. The van der Waals surface area contributed by atoms with Crippen molar-refractivity contribution in [3.8, 4) is 5.69 Å². The van der Waals surface area contributed by atoms with Crippen LogP contribution in [0.3, 0.4) is 0 Å². The van der Waals surface area contributed by atoms with E-state index in [1.807, 2.05) is 18.2 Å². The number of rotatable bonds is 4. The zero-order chi connectivity index (χ0) is 22.8. The molecule has 0 N–H and O–H groups in total. The summed E-state index contributed by atoms with van der Waals surface area (Å²) < 4.78 is 42.1. The highest BCUT2D eigenvalue weighted by atomic mass is 19.4. The lowest BCUT2D eigenvalue weighted by atomic mass is 9.89. The van der Waals surface area contributed by atoms with Gasteiger partial charge in [0.1, 0.15) is 11.6 Å². The van der Waals surface area contributed by atoms with Gasteiger partial charge in [-0.25, -0.2) is 4.98 Å². The van der Waals surface area contributed by atoms with Gasteiger partial charge in [0.15, 0.2) is 0 Å². The van der Waals surface area contributed by atoms with Crippen LogP contribution in [0.1, 0.15) is 49.1 Å². The Hall–Kier alpha value is -2.96. The maximum Gasteiger partial charge on any atom is 0.417 e. The molecule has 7 heteroatoms. The van der Waals surface area contributed by atoms with Crippen molar-refractivity contribution in [2.75, 3.05) is 36.0 Å². The van der Waals surface area contributed by atoms with Gasteiger partial charge in [0.25, 0.3) is 0 Å². The summed E-state index contributed by atoms with van der Waals surface area (Å²) in [5, 5.41) is 0. The van der Waals surface area contributed by atoms with E-state index in [4.69, 9.17) is 0 Å². The summed E-state index contributed by atoms with van der Waals surface area (Å²) in [7, 11) is 0. The van der Waals surface area contributed by atoms with Crippen molar-refractivity contribution in [1.82, 2.24) is 9.55 Å². The van der Waals surface area contributed by atoms with E-state index in [0.29, 0.717) is 17.4 Å². The van der Waals surface area contributed by atoms with Crippen LogP contribution in [0.15, 0.2) is 60.9 Å². The van der Waals surface area contributed by atoms with Crippen LogP contribution in [-0.2, 0) is 6.18 Å². The molecule has 4 nitrogen and oxygen atoms in total. The molecule has 33 heavy (non-hydrogen) atoms. The molecule has 5 rings (SSSR count). The van der Waals surface area contributed by atoms with E-state index in [0.717, 1.165) is 64.1 Å². The number of anilines is 2. The summed E-state index contributed by atoms with van der Waals surface area (Å²) in [5.41, 5.74) is 1.43. The Morgan fingerprint density at radius 1 is 0.818 bits per heavy atom. The Kier molecular flexibility index (Phi) is 6.04. The molecule has 0 radical (unpaired) electrons. The summed E-state index contributed by atoms with van der Waals surface area (Å²) >= 11 is 0. The van der Waals surface area contributed by atoms with Gasteiger partial charge in [-0.2, -0.15) is 13.2 Å². The fourth-order valence-electron chi connectivity index (χ4n) is 5.05. The fourth-order valence-corrected chi connectivity index (χ4v) is 5.05. The molecule has 0 bridgehead atoms. The van der Waals surface area contributed by atoms with Crippen LogP contribution in [0.25, 0.3) is 5.69 Å². The van der Waals surface area contributed by atoms with Crippen LogP contribution in [0.5, 0.6) is 0 Å². The van der Waals surface area contributed by atoms with Gasteiger partial charge >= 0.3 is 6.18 Å². The fraction of sp³-hybridized carbons (Fsp3) is 0.423. The first-order valence-electron chi connectivity index (χ1n) is 11.8. The highest BCUT2D eigenvalue weighted by molar-refractivity contribution is 5.54. The van der Waals surface area contributed by atoms with Crippen LogP contribution < -0.4 is 9.80 Å². The van der Waals surface area contributed by atoms with Crippen LogP contribution in [0.4, 0.5) is 24.8 Å². The first-order valence-corrected chi connectivity index (χ1v) is 11.8. The Balaban J connectivity index is 1.34. The van der Waals surface area contributed by atoms with Gasteiger partial charge in [0.05, 0.1) is 17.4 Å². The molecule has 0 saturated carbocycles. The number of pyridine rings is 1. The monoisotopic (exact) mass is 454 g/mol. The summed E-state index contributed by atoms with van der Waals surface area (Å²) in [4.78, 5) is 8.97. The molecule has 4 heterocycles. The average Bonchev–Trinajstić information content (AvgIpc) is 3.32. The molecule has 2 aliphatic rings. The van der Waals surface area contributed by atoms with Crippen molar-refractivity contribution in [3.63, 3.8) is 0 Å². The number of aromatic nitrogens is 2. The van der Waals surface area contributed by atoms with Crippen molar-refractivity contribution in [3.05, 3.63) is 72.1 Å². The molecule has 0 spiro atoms. The lowest BCUT2D eigenvalue weighted by Gasteiger charge is -2.33. The molecule has 1 aromatic carbocycles. The second-order valence-corrected chi connectivity index (χ2v) is 9.05. The number of nitrogens with zero attached hydrogens (tertiary/aromatic N) is 4. The first kappa shape index (κ1) is 21.9. The number of hydrogen-bond acceptors (Lipinski definition) is 3. The Morgan fingerprint density at radius 2 is 1.55 bits per heavy atom. The van der Waals surface area contributed by atoms with E-state index >= 15 is 0 Å². The average molecular weight is 455 g/mol. The minimum Gasteiger partial charge on any atom is -0.358 e. The van der Waals surface area contributed by atoms with Crippen molar-refractivity contribution < 1.29 is 13.2 Å². The standard InChI is InChI=1S/C26H29F3N4/c27-26(28,29)22-17-25(32-13-5-2-6-14-32)33(19-22)23-9-10-24(30-18-23)31-15-11-21(12-16-31)20-7-3-1-4-8-20/h1,3-4,7-10,17-19,21H,2,5-6,11-16H2. The summed E-state index contributed by atoms with van der Waals surface area (Å²) in [6.45, 7) is 3.41. The number of piperidine rings is 2. The summed E-state index contributed by atoms with van der Waals surface area (Å²) in [6.07, 6.45) is 3.80. The Labute approximate surface area is 192 Å². The number of hydrogen-bond donors (Lipinski definition) is 0. The van der Waals surface area contributed by atoms with Gasteiger partial charge in [-0.3, -0.25) is 0 Å². The van der Waals surface area contributed by atoms with E-state index < -0.39 is 11.7 Å². The predicted molar refractivity (Wildman–Crippen MR) is 125 cm³/mol. The maximum absolute atomic E-state index is 13.5. The van der Waals surface area contributed by atoms with Gasteiger partial charge in [-0.15, -0.1) is 0 Å². The van der Waals surface area contributed by atoms with Crippen LogP contribution in [0, 0.1) is 0 Å². The van der Waals surface area contributed by atoms with Gasteiger partial charge in [-0.1, -0.05) is 30.3 Å². The molecule has 3 aromatic rings. The molecule has 2 aliphatic heterocycles. The van der Waals surface area contributed by atoms with Gasteiger partial charge < -0.3 is 14.4 Å². The van der Waals surface area contributed by atoms with Crippen molar-refractivity contribution in [2.45, 2.75) is 44.2 Å². The third-order valence-electron chi connectivity index (χ3n) is 6.91. The topological polar surface area (TPSA) is 24.3 Å². The lowest BCUT2D eigenvalue weighted by Crippen LogP contribution is -2.33. The van der Waals surface area contributed by atoms with E-state index in [1.165, 1.54) is 17.8 Å². The van der Waals surface area contributed by atoms with Gasteiger partial charge in [0, 0.05) is 32.4 Å². The minimum atomic E-state index is -4.37. The van der Waals surface area contributed by atoms with Crippen molar-refractivity contribution >= 4 is 11.6 Å². The van der Waals surface area contributed by atoms with E-state index in [-0.39, 0.29) is 0 Å². The zero-order valence-electron chi connectivity index (χ0n) is 18.6. The third kappa shape index (κ3) is 4.72. The Bertz CT molecular complexity index is 1050. The zero-order valence-corrected chi connectivity index (χ0v) is 18.6. The SMILES string of the molecule is FC(F)(F)c1cc(N2CCCCC2)n(-c2ccc(N3CCC(c4ccccc4)CC3)nc2)c1. The Morgan fingerprint density at radius 3 is 2.18 bits per heavy atom. The molecule has 0 unspecified atom stereocenters. The van der Waals surface area contributed by atoms with Gasteiger partial charge in [-0.05, 0) is 61.8 Å². The van der Waals surface area contributed by atoms with Crippen LogP contribution in [0.2, 0.25) is 0 Å². The van der Waals surface area contributed by atoms with Crippen molar-refractivity contribution in [2.24, 2.45) is 0 Å². The maximum atomic E-state index is 13.5. The molecular formula is C26H29F3N4. The highest BCUT2D eigenvalue weighted by Gasteiger charge is 2.34. The number of halogens is 3. The van der Waals surface area contributed by atoms with Crippen molar-refractivity contribution in [1.29, 1.82) is 0 Å². The van der Waals surface area contributed by atoms with E-state index in [9.17, 15) is 13.2 Å². The quantitative estimate of drug-likeness (QED) is 0.465. The number of benzene rings is 1. The molecule has 2 fully saturated rings. The van der Waals surface area contributed by atoms with E-state index in [1.54, 1.807) is 10.8 Å². The molecule has 2 aromatic heterocycles. The summed E-state index contributed by atoms with van der Waals surface area (Å²) in [5.74, 6) is 2.04. The first-order chi connectivity index (χ1) is 16.0. The third-order valence-corrected chi connectivity index (χ3v) is 6.91. The normalized spacial score (nSPS) is 18.0.